The minimum absolute atomic E-state index is 0.445. The van der Waals surface area contributed by atoms with Crippen LogP contribution in [0.4, 0.5) is 5.82 Å². The molecule has 0 amide bonds. The van der Waals surface area contributed by atoms with Gasteiger partial charge in [0, 0.05) is 12.5 Å². The third kappa shape index (κ3) is 3.67. The summed E-state index contributed by atoms with van der Waals surface area (Å²) in [6.07, 6.45) is 1.80. The Balaban J connectivity index is 2.06. The predicted octanol–water partition coefficient (Wildman–Crippen LogP) is 3.30. The van der Waals surface area contributed by atoms with Crippen LogP contribution in [0.25, 0.3) is 0 Å². The van der Waals surface area contributed by atoms with Gasteiger partial charge in [0.25, 0.3) is 0 Å². The maximum Gasteiger partial charge on any atom is 0.213 e. The van der Waals surface area contributed by atoms with E-state index in [1.165, 1.54) is 0 Å². The highest BCUT2D eigenvalue weighted by Gasteiger charge is 2.07. The Bertz CT molecular complexity index is 548. The van der Waals surface area contributed by atoms with E-state index in [2.05, 4.69) is 27.2 Å². The molecule has 0 unspecified atom stereocenters. The highest BCUT2D eigenvalue weighted by molar-refractivity contribution is 6.29. The molecule has 0 aliphatic heterocycles. The fourth-order valence-electron chi connectivity index (χ4n) is 1.67. The van der Waals surface area contributed by atoms with Crippen molar-refractivity contribution in [3.05, 3.63) is 34.4 Å². The second kappa shape index (κ2) is 6.02. The van der Waals surface area contributed by atoms with Gasteiger partial charge in [-0.2, -0.15) is 0 Å². The molecule has 0 aromatic carbocycles. The summed E-state index contributed by atoms with van der Waals surface area (Å²) in [7, 11) is 0. The number of nitrogens with one attached hydrogen (secondary N) is 1. The zero-order chi connectivity index (χ0) is 13.8. The summed E-state index contributed by atoms with van der Waals surface area (Å²) in [4.78, 5) is 12.9. The van der Waals surface area contributed by atoms with Crippen molar-refractivity contribution < 1.29 is 4.42 Å². The highest BCUT2D eigenvalue weighted by Crippen LogP contribution is 2.14. The lowest BCUT2D eigenvalue weighted by Crippen LogP contribution is -2.05. The van der Waals surface area contributed by atoms with Gasteiger partial charge in [-0.25, -0.2) is 15.0 Å². The standard InChI is InChI=1S/C13H17ClN4O/c1-4-5-11-17-10(14)6-12(18-11)15-7-13-16-8(2)9(3)19-13/h6H,4-5,7H2,1-3H3,(H,15,17,18). The molecule has 5 nitrogen and oxygen atoms in total. The van der Waals surface area contributed by atoms with Crippen LogP contribution in [0.2, 0.25) is 5.15 Å². The van der Waals surface area contributed by atoms with Gasteiger partial charge in [0.1, 0.15) is 22.6 Å². The Morgan fingerprint density at radius 3 is 2.68 bits per heavy atom. The smallest absolute Gasteiger partial charge is 0.213 e. The fourth-order valence-corrected chi connectivity index (χ4v) is 1.87. The van der Waals surface area contributed by atoms with Crippen molar-refractivity contribution in [1.82, 2.24) is 15.0 Å². The molecule has 0 radical (unpaired) electrons. The number of nitrogens with zero attached hydrogens (tertiary/aromatic N) is 3. The lowest BCUT2D eigenvalue weighted by Gasteiger charge is -2.05. The Morgan fingerprint density at radius 1 is 1.26 bits per heavy atom. The monoisotopic (exact) mass is 280 g/mol. The zero-order valence-electron chi connectivity index (χ0n) is 11.3. The Morgan fingerprint density at radius 2 is 2.05 bits per heavy atom. The third-order valence-electron chi connectivity index (χ3n) is 2.71. The summed E-state index contributed by atoms with van der Waals surface area (Å²) in [5.74, 6) is 2.92. The fraction of sp³-hybridized carbons (Fsp3) is 0.462. The molecule has 0 spiro atoms. The van der Waals surface area contributed by atoms with Gasteiger partial charge in [-0.15, -0.1) is 0 Å². The quantitative estimate of drug-likeness (QED) is 0.852. The summed E-state index contributed by atoms with van der Waals surface area (Å²) in [6, 6.07) is 1.70. The van der Waals surface area contributed by atoms with E-state index < -0.39 is 0 Å². The number of aryl methyl sites for hydroxylation is 3. The van der Waals surface area contributed by atoms with Crippen LogP contribution >= 0.6 is 11.6 Å². The van der Waals surface area contributed by atoms with Crippen LogP contribution in [0.5, 0.6) is 0 Å². The Hall–Kier alpha value is -1.62. The Labute approximate surface area is 117 Å². The summed E-state index contributed by atoms with van der Waals surface area (Å²) < 4.78 is 5.49. The number of aromatic nitrogens is 3. The molecule has 0 aliphatic carbocycles. The molecule has 2 rings (SSSR count). The second-order valence-electron chi connectivity index (χ2n) is 4.34. The molecule has 102 valence electrons. The molecular formula is C13H17ClN4O. The lowest BCUT2D eigenvalue weighted by molar-refractivity contribution is 0.478. The molecule has 19 heavy (non-hydrogen) atoms. The van der Waals surface area contributed by atoms with Crippen LogP contribution < -0.4 is 5.32 Å². The van der Waals surface area contributed by atoms with Crippen molar-refractivity contribution in [3.63, 3.8) is 0 Å². The van der Waals surface area contributed by atoms with E-state index in [1.807, 2.05) is 13.8 Å². The van der Waals surface area contributed by atoms with Crippen molar-refractivity contribution in [2.24, 2.45) is 0 Å². The number of halogens is 1. The first-order chi connectivity index (χ1) is 9.08. The van der Waals surface area contributed by atoms with Crippen molar-refractivity contribution in [2.75, 3.05) is 5.32 Å². The van der Waals surface area contributed by atoms with E-state index in [4.69, 9.17) is 16.0 Å². The van der Waals surface area contributed by atoms with Gasteiger partial charge >= 0.3 is 0 Å². The molecule has 1 N–H and O–H groups in total. The molecule has 2 aromatic heterocycles. The first kappa shape index (κ1) is 13.8. The first-order valence-corrected chi connectivity index (χ1v) is 6.66. The lowest BCUT2D eigenvalue weighted by atomic mass is 10.3. The number of hydrogen-bond acceptors (Lipinski definition) is 5. The molecule has 2 heterocycles. The summed E-state index contributed by atoms with van der Waals surface area (Å²) in [5, 5.41) is 3.59. The van der Waals surface area contributed by atoms with Gasteiger partial charge in [0.2, 0.25) is 5.89 Å². The van der Waals surface area contributed by atoms with Crippen molar-refractivity contribution in [3.8, 4) is 0 Å². The maximum absolute atomic E-state index is 5.97. The van der Waals surface area contributed by atoms with E-state index >= 15 is 0 Å². The maximum atomic E-state index is 5.97. The van der Waals surface area contributed by atoms with Gasteiger partial charge in [-0.3, -0.25) is 0 Å². The molecule has 0 atom stereocenters. The minimum Gasteiger partial charge on any atom is -0.444 e. The predicted molar refractivity (Wildman–Crippen MR) is 74.3 cm³/mol. The summed E-state index contributed by atoms with van der Waals surface area (Å²) >= 11 is 5.97. The van der Waals surface area contributed by atoms with Gasteiger partial charge in [-0.1, -0.05) is 18.5 Å². The van der Waals surface area contributed by atoms with E-state index in [-0.39, 0.29) is 0 Å². The van der Waals surface area contributed by atoms with E-state index in [9.17, 15) is 0 Å². The zero-order valence-corrected chi connectivity index (χ0v) is 12.1. The topological polar surface area (TPSA) is 63.8 Å². The van der Waals surface area contributed by atoms with Crippen LogP contribution in [0.1, 0.15) is 36.5 Å². The second-order valence-corrected chi connectivity index (χ2v) is 4.73. The van der Waals surface area contributed by atoms with Gasteiger partial charge in [0.05, 0.1) is 12.2 Å². The van der Waals surface area contributed by atoms with Crippen LogP contribution in [-0.4, -0.2) is 15.0 Å². The van der Waals surface area contributed by atoms with E-state index in [1.54, 1.807) is 6.07 Å². The van der Waals surface area contributed by atoms with Crippen molar-refractivity contribution in [2.45, 2.75) is 40.2 Å². The molecule has 0 bridgehead atoms. The van der Waals surface area contributed by atoms with Gasteiger partial charge < -0.3 is 9.73 Å². The SMILES string of the molecule is CCCc1nc(Cl)cc(NCc2nc(C)c(C)o2)n1. The van der Waals surface area contributed by atoms with Crippen LogP contribution in [-0.2, 0) is 13.0 Å². The summed E-state index contributed by atoms with van der Waals surface area (Å²) in [6.45, 7) is 6.37. The minimum atomic E-state index is 0.445. The van der Waals surface area contributed by atoms with Crippen LogP contribution in [0, 0.1) is 13.8 Å². The van der Waals surface area contributed by atoms with E-state index in [0.29, 0.717) is 23.4 Å². The van der Waals surface area contributed by atoms with Crippen LogP contribution in [0.15, 0.2) is 10.5 Å². The van der Waals surface area contributed by atoms with E-state index in [0.717, 1.165) is 30.1 Å². The average Bonchev–Trinajstić information content (AvgIpc) is 2.66. The van der Waals surface area contributed by atoms with Crippen molar-refractivity contribution in [1.29, 1.82) is 0 Å². The molecule has 0 aliphatic rings. The normalized spacial score (nSPS) is 10.7. The molecule has 0 fully saturated rings. The molecule has 0 saturated heterocycles. The largest absolute Gasteiger partial charge is 0.444 e. The number of hydrogen-bond donors (Lipinski definition) is 1. The molecule has 2 aromatic rings. The molecule has 0 saturated carbocycles. The highest BCUT2D eigenvalue weighted by atomic mass is 35.5. The molecule has 6 heteroatoms. The number of rotatable bonds is 5. The first-order valence-electron chi connectivity index (χ1n) is 6.28. The Kier molecular flexibility index (Phi) is 4.37. The van der Waals surface area contributed by atoms with Crippen LogP contribution in [0.3, 0.4) is 0 Å². The van der Waals surface area contributed by atoms with Gasteiger partial charge in [-0.05, 0) is 20.3 Å². The third-order valence-corrected chi connectivity index (χ3v) is 2.90. The number of anilines is 1. The van der Waals surface area contributed by atoms with Crippen molar-refractivity contribution >= 4 is 17.4 Å². The molecular weight excluding hydrogens is 264 g/mol. The van der Waals surface area contributed by atoms with Gasteiger partial charge in [0.15, 0.2) is 0 Å². The summed E-state index contributed by atoms with van der Waals surface area (Å²) in [5.41, 5.74) is 0.907. The average molecular weight is 281 g/mol. The number of oxazole rings is 1.